The van der Waals surface area contributed by atoms with Crippen molar-refractivity contribution in [3.8, 4) is 22.5 Å². The largest absolute Gasteiger partial charge is 2.00 e. The molecule has 25 heavy (non-hydrogen) atoms. The minimum absolute atomic E-state index is 0. The van der Waals surface area contributed by atoms with Crippen LogP contribution in [0.15, 0.2) is 97.3 Å². The summed E-state index contributed by atoms with van der Waals surface area (Å²) >= 11 is 0. The molecule has 0 fully saturated rings. The molecule has 2 aromatic heterocycles. The monoisotopic (exact) mass is 503 g/mol. The second kappa shape index (κ2) is 10.3. The number of benzene rings is 2. The maximum Gasteiger partial charge on any atom is 2.00 e. The number of hydrogen-bond acceptors (Lipinski definition) is 2. The van der Waals surface area contributed by atoms with Crippen molar-refractivity contribution < 1.29 is 21.1 Å². The number of pyridine rings is 2. The van der Waals surface area contributed by atoms with Gasteiger partial charge in [0, 0.05) is 12.4 Å². The fraction of sp³-hybridized carbons (Fsp3) is 0. The van der Waals surface area contributed by atoms with E-state index in [4.69, 9.17) is 0 Å². The zero-order valence-corrected chi connectivity index (χ0v) is 15.7. The Morgan fingerprint density at radius 1 is 0.520 bits per heavy atom. The summed E-state index contributed by atoms with van der Waals surface area (Å²) in [6.45, 7) is 0. The number of rotatable bonds is 2. The molecule has 124 valence electrons. The van der Waals surface area contributed by atoms with Gasteiger partial charge in [0.25, 0.3) is 0 Å². The van der Waals surface area contributed by atoms with Crippen molar-refractivity contribution in [2.75, 3.05) is 0 Å². The molecule has 2 aromatic carbocycles. The van der Waals surface area contributed by atoms with Gasteiger partial charge in [-0.1, -0.05) is 12.1 Å². The van der Waals surface area contributed by atoms with Gasteiger partial charge in [0.2, 0.25) is 0 Å². The van der Waals surface area contributed by atoms with Gasteiger partial charge < -0.3 is 0 Å². The van der Waals surface area contributed by atoms with E-state index in [9.17, 15) is 0 Å². The van der Waals surface area contributed by atoms with Crippen LogP contribution in [0.1, 0.15) is 0 Å². The first-order chi connectivity index (χ1) is 11.9. The van der Waals surface area contributed by atoms with Crippen molar-refractivity contribution in [1.29, 1.82) is 0 Å². The zero-order valence-electron chi connectivity index (χ0n) is 13.4. The summed E-state index contributed by atoms with van der Waals surface area (Å²) < 4.78 is 0. The molecule has 0 aliphatic carbocycles. The van der Waals surface area contributed by atoms with Crippen LogP contribution in [-0.2, 0) is 21.1 Å². The van der Waals surface area contributed by atoms with Crippen LogP contribution in [-0.4, -0.2) is 9.97 Å². The van der Waals surface area contributed by atoms with Crippen LogP contribution in [0, 0.1) is 12.1 Å². The summed E-state index contributed by atoms with van der Waals surface area (Å²) in [6, 6.07) is 33.7. The molecule has 0 unspecified atom stereocenters. The van der Waals surface area contributed by atoms with E-state index in [2.05, 4.69) is 22.1 Å². The van der Waals surface area contributed by atoms with Gasteiger partial charge in [0.05, 0.1) is 11.4 Å². The summed E-state index contributed by atoms with van der Waals surface area (Å²) in [5, 5.41) is 0. The summed E-state index contributed by atoms with van der Waals surface area (Å²) in [7, 11) is 0. The minimum Gasteiger partial charge on any atom is -0.255 e. The molecule has 0 radical (unpaired) electrons. The van der Waals surface area contributed by atoms with Gasteiger partial charge in [0.15, 0.2) is 0 Å². The predicted octanol–water partition coefficient (Wildman–Crippen LogP) is 5.10. The molecule has 4 rings (SSSR count). The van der Waals surface area contributed by atoms with Crippen LogP contribution in [0.5, 0.6) is 0 Å². The van der Waals surface area contributed by atoms with Crippen LogP contribution in [0.3, 0.4) is 0 Å². The summed E-state index contributed by atoms with van der Waals surface area (Å²) in [4.78, 5) is 8.37. The maximum atomic E-state index is 4.19. The second-order valence-electron chi connectivity index (χ2n) is 4.98. The van der Waals surface area contributed by atoms with E-state index in [-0.39, 0.29) is 21.1 Å². The molecule has 0 saturated heterocycles. The van der Waals surface area contributed by atoms with E-state index in [1.807, 2.05) is 84.9 Å². The molecule has 2 heterocycles. The molecule has 0 aliphatic heterocycles. The molecular weight excluding hydrogens is 487 g/mol. The number of hydrogen-bond donors (Lipinski definition) is 0. The van der Waals surface area contributed by atoms with Gasteiger partial charge in [-0.05, 0) is 24.3 Å². The van der Waals surface area contributed by atoms with Crippen LogP contribution in [0.4, 0.5) is 0 Å². The maximum absolute atomic E-state index is 4.19. The average Bonchev–Trinajstić information content (AvgIpc) is 2.71. The van der Waals surface area contributed by atoms with Crippen molar-refractivity contribution in [1.82, 2.24) is 9.97 Å². The fourth-order valence-electron chi connectivity index (χ4n) is 2.15. The van der Waals surface area contributed by atoms with Crippen molar-refractivity contribution in [3.63, 3.8) is 0 Å². The second-order valence-corrected chi connectivity index (χ2v) is 4.98. The fourth-order valence-corrected chi connectivity index (χ4v) is 2.15. The molecule has 0 saturated carbocycles. The zero-order chi connectivity index (χ0) is 16.5. The standard InChI is InChI=1S/C12H8.C10H8N2.Pt/c1-3-7-11(8-4-1)12-9-5-2-6-10-12;1-3-7-11-9(5-1)10-6-2-4-8-12-10;/h1-7,9H;1-8H;/q-2;;+2. The van der Waals surface area contributed by atoms with E-state index in [1.165, 1.54) is 0 Å². The predicted molar refractivity (Wildman–Crippen MR) is 97.0 cm³/mol. The Kier molecular flexibility index (Phi) is 7.75. The van der Waals surface area contributed by atoms with Crippen molar-refractivity contribution in [3.05, 3.63) is 109 Å². The Balaban J connectivity index is 0.000000173. The Bertz CT molecular complexity index is 686. The third-order valence-electron chi connectivity index (χ3n) is 3.30. The van der Waals surface area contributed by atoms with Crippen molar-refractivity contribution >= 4 is 0 Å². The number of aromatic nitrogens is 2. The van der Waals surface area contributed by atoms with Gasteiger partial charge in [-0.2, -0.15) is 48.5 Å². The van der Waals surface area contributed by atoms with E-state index < -0.39 is 0 Å². The van der Waals surface area contributed by atoms with E-state index in [0.717, 1.165) is 22.5 Å². The topological polar surface area (TPSA) is 25.8 Å². The van der Waals surface area contributed by atoms with Gasteiger partial charge >= 0.3 is 21.1 Å². The van der Waals surface area contributed by atoms with Crippen molar-refractivity contribution in [2.45, 2.75) is 0 Å². The van der Waals surface area contributed by atoms with Crippen molar-refractivity contribution in [2.24, 2.45) is 0 Å². The van der Waals surface area contributed by atoms with Crippen LogP contribution in [0.25, 0.3) is 22.5 Å². The average molecular weight is 503 g/mol. The molecule has 0 atom stereocenters. The molecule has 0 spiro atoms. The first kappa shape index (κ1) is 18.8. The first-order valence-electron chi connectivity index (χ1n) is 7.70. The van der Waals surface area contributed by atoms with Crippen LogP contribution < -0.4 is 0 Å². The molecule has 0 bridgehead atoms. The van der Waals surface area contributed by atoms with E-state index in [1.54, 1.807) is 12.4 Å². The molecule has 2 nitrogen and oxygen atoms in total. The Labute approximate surface area is 162 Å². The Morgan fingerprint density at radius 2 is 0.960 bits per heavy atom. The van der Waals surface area contributed by atoms with E-state index >= 15 is 0 Å². The SMILES string of the molecule is [Pt+2].[c-]1ccccc1-c1[c-]cccc1.c1ccc(-c2ccccn2)nc1. The molecule has 0 N–H and O–H groups in total. The first-order valence-corrected chi connectivity index (χ1v) is 7.70. The molecule has 0 amide bonds. The van der Waals surface area contributed by atoms with Gasteiger partial charge in [-0.15, -0.1) is 12.1 Å². The summed E-state index contributed by atoms with van der Waals surface area (Å²) in [5.41, 5.74) is 4.02. The normalized spacial score (nSPS) is 9.28. The molecule has 3 heteroatoms. The van der Waals surface area contributed by atoms with Gasteiger partial charge in [-0.3, -0.25) is 9.97 Å². The van der Waals surface area contributed by atoms with E-state index in [0.29, 0.717) is 0 Å². The van der Waals surface area contributed by atoms with Gasteiger partial charge in [-0.25, -0.2) is 11.1 Å². The third-order valence-corrected chi connectivity index (χ3v) is 3.30. The summed E-state index contributed by atoms with van der Waals surface area (Å²) in [5.74, 6) is 0. The smallest absolute Gasteiger partial charge is 0.255 e. The quantitative estimate of drug-likeness (QED) is 0.356. The molecular formula is C22H16N2Pt. The molecule has 0 aliphatic rings. The Morgan fingerprint density at radius 3 is 1.28 bits per heavy atom. The van der Waals surface area contributed by atoms with Gasteiger partial charge in [0.1, 0.15) is 0 Å². The van der Waals surface area contributed by atoms with Crippen LogP contribution in [0.2, 0.25) is 0 Å². The third kappa shape index (κ3) is 5.77. The molecule has 4 aromatic rings. The minimum atomic E-state index is 0. The Hall–Kier alpha value is -2.57. The number of nitrogens with zero attached hydrogens (tertiary/aromatic N) is 2. The van der Waals surface area contributed by atoms with Crippen LogP contribution >= 0.6 is 0 Å². The summed E-state index contributed by atoms with van der Waals surface area (Å²) in [6.07, 6.45) is 3.54.